The summed E-state index contributed by atoms with van der Waals surface area (Å²) in [6, 6.07) is -0.717. The second kappa shape index (κ2) is 48.3. The predicted molar refractivity (Wildman–Crippen MR) is 264 cm³/mol. The van der Waals surface area contributed by atoms with Gasteiger partial charge in [-0.2, -0.15) is 0 Å². The summed E-state index contributed by atoms with van der Waals surface area (Å²) in [5.41, 5.74) is 0. The minimum absolute atomic E-state index is 0.0474. The summed E-state index contributed by atoms with van der Waals surface area (Å²) < 4.78 is 5.91. The van der Waals surface area contributed by atoms with Crippen molar-refractivity contribution < 1.29 is 24.5 Å². The number of amides is 1. The number of ether oxygens (including phenoxy) is 1. The van der Waals surface area contributed by atoms with Crippen LogP contribution < -0.4 is 5.32 Å². The molecule has 0 saturated carbocycles. The summed E-state index contributed by atoms with van der Waals surface area (Å²) in [6.07, 6.45) is 61.0. The molecular weight excluding hydrogens is 755 g/mol. The Morgan fingerprint density at radius 1 is 0.492 bits per heavy atom. The average molecular weight is 852 g/mol. The molecule has 0 bridgehead atoms. The number of esters is 1. The molecule has 0 aromatic heterocycles. The lowest BCUT2D eigenvalue weighted by Crippen LogP contribution is -2.46. The molecule has 0 spiro atoms. The van der Waals surface area contributed by atoms with Gasteiger partial charge in [-0.25, -0.2) is 0 Å². The molecule has 0 aromatic carbocycles. The fourth-order valence-corrected chi connectivity index (χ4v) is 7.49. The number of carbonyl (C=O) groups is 2. The molecule has 0 aromatic rings. The van der Waals surface area contributed by atoms with Crippen LogP contribution >= 0.6 is 0 Å². The van der Waals surface area contributed by atoms with E-state index in [-0.39, 0.29) is 24.9 Å². The molecule has 0 aliphatic carbocycles. The Kier molecular flexibility index (Phi) is 46.2. The van der Waals surface area contributed by atoms with Crippen LogP contribution in [0.15, 0.2) is 72.9 Å². The molecule has 1 amide bonds. The zero-order valence-electron chi connectivity index (χ0n) is 40.0. The van der Waals surface area contributed by atoms with Gasteiger partial charge >= 0.3 is 5.97 Å². The largest absolute Gasteiger partial charge is 0.462 e. The van der Waals surface area contributed by atoms with E-state index < -0.39 is 18.2 Å². The Morgan fingerprint density at radius 3 is 1.38 bits per heavy atom. The summed E-state index contributed by atoms with van der Waals surface area (Å²) >= 11 is 0. The lowest BCUT2D eigenvalue weighted by molar-refractivity contribution is -0.151. The zero-order chi connectivity index (χ0) is 44.5. The van der Waals surface area contributed by atoms with Crippen LogP contribution in [0.1, 0.15) is 239 Å². The van der Waals surface area contributed by atoms with Crippen LogP contribution in [0.2, 0.25) is 0 Å². The van der Waals surface area contributed by atoms with Gasteiger partial charge in [-0.3, -0.25) is 9.59 Å². The number of hydrogen-bond acceptors (Lipinski definition) is 5. The molecule has 3 atom stereocenters. The first-order chi connectivity index (χ1) is 30.0. The molecular formula is C55H97NO5. The van der Waals surface area contributed by atoms with E-state index in [1.165, 1.54) is 96.3 Å². The number of unbranched alkanes of at least 4 members (excludes halogenated alkanes) is 25. The van der Waals surface area contributed by atoms with E-state index in [4.69, 9.17) is 4.74 Å². The topological polar surface area (TPSA) is 95.9 Å². The van der Waals surface area contributed by atoms with Gasteiger partial charge in [0.15, 0.2) is 0 Å². The maximum atomic E-state index is 13.2. The summed E-state index contributed by atoms with van der Waals surface area (Å²) in [6.45, 7) is 6.32. The van der Waals surface area contributed by atoms with Crippen LogP contribution in [0.3, 0.4) is 0 Å². The molecule has 0 rings (SSSR count). The van der Waals surface area contributed by atoms with Crippen LogP contribution in [-0.2, 0) is 14.3 Å². The van der Waals surface area contributed by atoms with Crippen molar-refractivity contribution in [2.24, 2.45) is 0 Å². The first-order valence-electron chi connectivity index (χ1n) is 25.7. The van der Waals surface area contributed by atoms with Crippen molar-refractivity contribution in [2.75, 3.05) is 6.61 Å². The van der Waals surface area contributed by atoms with Gasteiger partial charge in [0.2, 0.25) is 5.91 Å². The van der Waals surface area contributed by atoms with Gasteiger partial charge in [0.1, 0.15) is 6.10 Å². The summed E-state index contributed by atoms with van der Waals surface area (Å²) in [4.78, 5) is 26.1. The Hall–Kier alpha value is -2.70. The van der Waals surface area contributed by atoms with Crippen molar-refractivity contribution in [2.45, 2.75) is 257 Å². The van der Waals surface area contributed by atoms with Crippen LogP contribution in [0.25, 0.3) is 0 Å². The van der Waals surface area contributed by atoms with Crippen molar-refractivity contribution in [1.82, 2.24) is 5.32 Å². The molecule has 0 radical (unpaired) electrons. The fraction of sp³-hybridized carbons (Fsp3) is 0.745. The molecule has 3 unspecified atom stereocenters. The number of allylic oxidation sites excluding steroid dienone is 12. The van der Waals surface area contributed by atoms with Gasteiger partial charge in [0.05, 0.1) is 25.2 Å². The van der Waals surface area contributed by atoms with Crippen molar-refractivity contribution in [1.29, 1.82) is 0 Å². The Labute approximate surface area is 377 Å². The van der Waals surface area contributed by atoms with Gasteiger partial charge in [-0.05, 0) is 70.6 Å². The first-order valence-corrected chi connectivity index (χ1v) is 25.7. The Bertz CT molecular complexity index is 1140. The predicted octanol–water partition coefficient (Wildman–Crippen LogP) is 15.4. The molecule has 0 heterocycles. The molecule has 6 nitrogen and oxygen atoms in total. The third-order valence-electron chi connectivity index (χ3n) is 11.4. The highest BCUT2D eigenvalue weighted by Gasteiger charge is 2.24. The van der Waals surface area contributed by atoms with Crippen molar-refractivity contribution in [3.63, 3.8) is 0 Å². The maximum absolute atomic E-state index is 13.2. The van der Waals surface area contributed by atoms with Crippen LogP contribution in [0, 0.1) is 0 Å². The van der Waals surface area contributed by atoms with Crippen LogP contribution in [-0.4, -0.2) is 46.9 Å². The highest BCUT2D eigenvalue weighted by Crippen LogP contribution is 2.17. The van der Waals surface area contributed by atoms with Gasteiger partial charge in [-0.15, -0.1) is 0 Å². The number of rotatable bonds is 45. The number of nitrogens with one attached hydrogen (secondary N) is 1. The molecule has 352 valence electrons. The zero-order valence-corrected chi connectivity index (χ0v) is 40.0. The van der Waals surface area contributed by atoms with E-state index in [0.717, 1.165) is 96.3 Å². The molecule has 0 aliphatic rings. The van der Waals surface area contributed by atoms with Crippen LogP contribution in [0.4, 0.5) is 0 Å². The van der Waals surface area contributed by atoms with E-state index in [2.05, 4.69) is 80.8 Å². The maximum Gasteiger partial charge on any atom is 0.306 e. The summed E-state index contributed by atoms with van der Waals surface area (Å²) in [5, 5.41) is 23.7. The normalized spacial score (nSPS) is 13.9. The second-order valence-electron chi connectivity index (χ2n) is 17.3. The third-order valence-corrected chi connectivity index (χ3v) is 11.4. The smallest absolute Gasteiger partial charge is 0.306 e. The standard InChI is InChI=1S/C55H97NO5/c1-4-7-10-13-16-19-22-24-26-28-29-32-34-37-40-43-46-51(61-55(60)48-45-42-39-36-33-30-27-25-23-20-17-14-11-8-5-2)49-54(59)56-52(50-57)53(58)47-44-41-38-35-31-21-18-15-12-9-6-3/h8,11,14,17,20,23,25-29,32,51-53,57-58H,4-7,9-10,12-13,15-16,18-19,21-22,24,30-31,33-50H2,1-3H3,(H,56,59)/b11-8+,17-14+,23-20+,27-25-,28-26+,32-29+. The highest BCUT2D eigenvalue weighted by atomic mass is 16.5. The quantitative estimate of drug-likeness (QED) is 0.0322. The molecule has 0 fully saturated rings. The number of aliphatic hydroxyl groups excluding tert-OH is 2. The molecule has 61 heavy (non-hydrogen) atoms. The lowest BCUT2D eigenvalue weighted by atomic mass is 10.0. The first kappa shape index (κ1) is 58.3. The van der Waals surface area contributed by atoms with E-state index in [0.29, 0.717) is 19.3 Å². The molecule has 6 heteroatoms. The third kappa shape index (κ3) is 43.7. The Balaban J connectivity index is 4.70. The van der Waals surface area contributed by atoms with E-state index in [1.54, 1.807) is 0 Å². The number of aliphatic hydroxyl groups is 2. The van der Waals surface area contributed by atoms with Gasteiger partial charge in [-0.1, -0.05) is 229 Å². The van der Waals surface area contributed by atoms with Gasteiger partial charge < -0.3 is 20.3 Å². The fourth-order valence-electron chi connectivity index (χ4n) is 7.49. The summed E-state index contributed by atoms with van der Waals surface area (Å²) in [5.74, 6) is -0.528. The minimum atomic E-state index is -0.801. The van der Waals surface area contributed by atoms with Gasteiger partial charge in [0.25, 0.3) is 0 Å². The molecule has 0 saturated heterocycles. The average Bonchev–Trinajstić information content (AvgIpc) is 3.25. The van der Waals surface area contributed by atoms with Crippen LogP contribution in [0.5, 0.6) is 0 Å². The monoisotopic (exact) mass is 852 g/mol. The number of carbonyl (C=O) groups excluding carboxylic acids is 2. The SMILES string of the molecule is CC/C=C/C=C/C=C/C=C\CCCCCCCC(=O)OC(CCCCC/C=C/C=C/CCCCCCCCC)CC(=O)NC(CO)C(O)CCCCCCCCCCCCC. The highest BCUT2D eigenvalue weighted by molar-refractivity contribution is 5.77. The van der Waals surface area contributed by atoms with Crippen molar-refractivity contribution in [3.8, 4) is 0 Å². The minimum Gasteiger partial charge on any atom is -0.462 e. The summed E-state index contributed by atoms with van der Waals surface area (Å²) in [7, 11) is 0. The molecule has 3 N–H and O–H groups in total. The number of hydrogen-bond donors (Lipinski definition) is 3. The Morgan fingerprint density at radius 2 is 0.885 bits per heavy atom. The van der Waals surface area contributed by atoms with E-state index in [9.17, 15) is 19.8 Å². The lowest BCUT2D eigenvalue weighted by Gasteiger charge is -2.24. The van der Waals surface area contributed by atoms with E-state index in [1.807, 2.05) is 18.2 Å². The molecule has 0 aliphatic heterocycles. The van der Waals surface area contributed by atoms with Crippen molar-refractivity contribution in [3.05, 3.63) is 72.9 Å². The van der Waals surface area contributed by atoms with Gasteiger partial charge in [0, 0.05) is 6.42 Å². The van der Waals surface area contributed by atoms with Crippen molar-refractivity contribution >= 4 is 11.9 Å². The second-order valence-corrected chi connectivity index (χ2v) is 17.3. The van der Waals surface area contributed by atoms with E-state index >= 15 is 0 Å².